The first kappa shape index (κ1) is 13.1. The first-order valence-corrected chi connectivity index (χ1v) is 6.84. The highest BCUT2D eigenvalue weighted by atomic mass is 32.1. The Bertz CT molecular complexity index is 534. The van der Waals surface area contributed by atoms with Gasteiger partial charge in [-0.3, -0.25) is 0 Å². The van der Waals surface area contributed by atoms with Crippen molar-refractivity contribution in [1.29, 1.82) is 0 Å². The molecule has 0 bridgehead atoms. The van der Waals surface area contributed by atoms with Gasteiger partial charge in [0, 0.05) is 17.0 Å². The Morgan fingerprint density at radius 2 is 2.17 bits per heavy atom. The second kappa shape index (κ2) is 5.50. The highest BCUT2D eigenvalue weighted by Crippen LogP contribution is 2.26. The number of thiazole rings is 1. The SMILES string of the molecule is Cc1ccc(C(C)N)c(OCc2csc(C)n2)c1. The predicted molar refractivity (Wildman–Crippen MR) is 75.0 cm³/mol. The molecular weight excluding hydrogens is 244 g/mol. The van der Waals surface area contributed by atoms with Crippen molar-refractivity contribution in [2.24, 2.45) is 5.73 Å². The summed E-state index contributed by atoms with van der Waals surface area (Å²) in [5.41, 5.74) is 9.12. The minimum atomic E-state index is -0.0298. The molecule has 0 radical (unpaired) electrons. The molecule has 1 heterocycles. The molecule has 2 rings (SSSR count). The van der Waals surface area contributed by atoms with Gasteiger partial charge in [-0.05, 0) is 32.4 Å². The molecule has 1 aromatic carbocycles. The lowest BCUT2D eigenvalue weighted by atomic mass is 10.1. The van der Waals surface area contributed by atoms with Crippen LogP contribution in [-0.2, 0) is 6.61 Å². The summed E-state index contributed by atoms with van der Waals surface area (Å²) in [6.07, 6.45) is 0. The van der Waals surface area contributed by atoms with E-state index in [2.05, 4.69) is 11.1 Å². The fourth-order valence-electron chi connectivity index (χ4n) is 1.77. The number of benzene rings is 1. The minimum absolute atomic E-state index is 0.0298. The Labute approximate surface area is 112 Å². The molecule has 96 valence electrons. The Balaban J connectivity index is 2.15. The van der Waals surface area contributed by atoms with E-state index in [1.165, 1.54) is 5.56 Å². The standard InChI is InChI=1S/C14H18N2OS/c1-9-4-5-13(10(2)15)14(6-9)17-7-12-8-18-11(3)16-12/h4-6,8,10H,7,15H2,1-3H3. The lowest BCUT2D eigenvalue weighted by molar-refractivity contribution is 0.297. The van der Waals surface area contributed by atoms with E-state index in [9.17, 15) is 0 Å². The van der Waals surface area contributed by atoms with Gasteiger partial charge in [0.15, 0.2) is 0 Å². The van der Waals surface area contributed by atoms with Crippen LogP contribution in [-0.4, -0.2) is 4.98 Å². The van der Waals surface area contributed by atoms with E-state index in [0.717, 1.165) is 22.0 Å². The fraction of sp³-hybridized carbons (Fsp3) is 0.357. The predicted octanol–water partition coefficient (Wildman–Crippen LogP) is 3.36. The first-order chi connectivity index (χ1) is 8.56. The number of hydrogen-bond donors (Lipinski definition) is 1. The number of rotatable bonds is 4. The van der Waals surface area contributed by atoms with Gasteiger partial charge in [0.25, 0.3) is 0 Å². The van der Waals surface area contributed by atoms with Gasteiger partial charge in [-0.15, -0.1) is 11.3 Å². The Morgan fingerprint density at radius 1 is 1.39 bits per heavy atom. The maximum atomic E-state index is 5.94. The Kier molecular flexibility index (Phi) is 3.99. The monoisotopic (exact) mass is 262 g/mol. The van der Waals surface area contributed by atoms with Gasteiger partial charge in [-0.1, -0.05) is 12.1 Å². The number of nitrogens with two attached hydrogens (primary N) is 1. The van der Waals surface area contributed by atoms with Crippen LogP contribution in [0.15, 0.2) is 23.6 Å². The van der Waals surface area contributed by atoms with E-state index in [1.807, 2.05) is 38.3 Å². The lowest BCUT2D eigenvalue weighted by Gasteiger charge is -2.14. The molecule has 0 spiro atoms. The topological polar surface area (TPSA) is 48.1 Å². The van der Waals surface area contributed by atoms with Crippen molar-refractivity contribution in [1.82, 2.24) is 4.98 Å². The zero-order valence-corrected chi connectivity index (χ0v) is 11.8. The normalized spacial score (nSPS) is 12.4. The molecule has 3 nitrogen and oxygen atoms in total. The van der Waals surface area contributed by atoms with Gasteiger partial charge in [0.1, 0.15) is 12.4 Å². The molecule has 0 saturated heterocycles. The van der Waals surface area contributed by atoms with Gasteiger partial charge >= 0.3 is 0 Å². The summed E-state index contributed by atoms with van der Waals surface area (Å²) in [5.74, 6) is 0.857. The van der Waals surface area contributed by atoms with Crippen LogP contribution in [0.4, 0.5) is 0 Å². The summed E-state index contributed by atoms with van der Waals surface area (Å²) >= 11 is 1.64. The van der Waals surface area contributed by atoms with Crippen molar-refractivity contribution in [3.05, 3.63) is 45.4 Å². The van der Waals surface area contributed by atoms with Gasteiger partial charge in [0.2, 0.25) is 0 Å². The number of aryl methyl sites for hydroxylation is 2. The number of aromatic nitrogens is 1. The summed E-state index contributed by atoms with van der Waals surface area (Å²) < 4.78 is 5.84. The van der Waals surface area contributed by atoms with E-state index < -0.39 is 0 Å². The number of nitrogens with zero attached hydrogens (tertiary/aromatic N) is 1. The molecule has 4 heteroatoms. The molecule has 2 N–H and O–H groups in total. The van der Waals surface area contributed by atoms with Crippen LogP contribution in [0.3, 0.4) is 0 Å². The van der Waals surface area contributed by atoms with Crippen molar-refractivity contribution < 1.29 is 4.74 Å². The molecule has 0 aliphatic heterocycles. The number of hydrogen-bond acceptors (Lipinski definition) is 4. The van der Waals surface area contributed by atoms with E-state index >= 15 is 0 Å². The van der Waals surface area contributed by atoms with E-state index in [4.69, 9.17) is 10.5 Å². The second-order valence-corrected chi connectivity index (χ2v) is 5.54. The summed E-state index contributed by atoms with van der Waals surface area (Å²) in [7, 11) is 0. The van der Waals surface area contributed by atoms with Crippen molar-refractivity contribution in [2.75, 3.05) is 0 Å². The molecule has 1 unspecified atom stereocenters. The third kappa shape index (κ3) is 3.09. The highest BCUT2D eigenvalue weighted by Gasteiger charge is 2.09. The molecule has 0 saturated carbocycles. The van der Waals surface area contributed by atoms with Crippen LogP contribution in [0.1, 0.15) is 34.8 Å². The van der Waals surface area contributed by atoms with Crippen molar-refractivity contribution >= 4 is 11.3 Å². The zero-order chi connectivity index (χ0) is 13.1. The fourth-order valence-corrected chi connectivity index (χ4v) is 2.37. The maximum absolute atomic E-state index is 5.94. The highest BCUT2D eigenvalue weighted by molar-refractivity contribution is 7.09. The average Bonchev–Trinajstić information content (AvgIpc) is 2.72. The third-order valence-electron chi connectivity index (χ3n) is 2.70. The van der Waals surface area contributed by atoms with Crippen molar-refractivity contribution in [3.63, 3.8) is 0 Å². The summed E-state index contributed by atoms with van der Waals surface area (Å²) in [6, 6.07) is 6.08. The van der Waals surface area contributed by atoms with Crippen molar-refractivity contribution in [2.45, 2.75) is 33.4 Å². The van der Waals surface area contributed by atoms with Crippen molar-refractivity contribution in [3.8, 4) is 5.75 Å². The minimum Gasteiger partial charge on any atom is -0.487 e. The van der Waals surface area contributed by atoms with Crippen LogP contribution < -0.4 is 10.5 Å². The quantitative estimate of drug-likeness (QED) is 0.919. The van der Waals surface area contributed by atoms with Crippen LogP contribution in [0.25, 0.3) is 0 Å². The molecule has 18 heavy (non-hydrogen) atoms. The number of ether oxygens (including phenoxy) is 1. The summed E-state index contributed by atoms with van der Waals surface area (Å²) in [5, 5.41) is 3.08. The van der Waals surface area contributed by atoms with Gasteiger partial charge in [-0.2, -0.15) is 0 Å². The molecule has 0 aliphatic carbocycles. The Hall–Kier alpha value is -1.39. The van der Waals surface area contributed by atoms with Crippen LogP contribution in [0, 0.1) is 13.8 Å². The largest absolute Gasteiger partial charge is 0.487 e. The van der Waals surface area contributed by atoms with E-state index in [1.54, 1.807) is 11.3 Å². The van der Waals surface area contributed by atoms with Crippen LogP contribution in [0.5, 0.6) is 5.75 Å². The molecule has 0 fully saturated rings. The molecule has 0 amide bonds. The molecule has 0 aliphatic rings. The molecule has 2 aromatic rings. The third-order valence-corrected chi connectivity index (χ3v) is 3.52. The maximum Gasteiger partial charge on any atom is 0.131 e. The van der Waals surface area contributed by atoms with E-state index in [-0.39, 0.29) is 6.04 Å². The average molecular weight is 262 g/mol. The summed E-state index contributed by atoms with van der Waals surface area (Å²) in [6.45, 7) is 6.50. The summed E-state index contributed by atoms with van der Waals surface area (Å²) in [4.78, 5) is 4.38. The van der Waals surface area contributed by atoms with Gasteiger partial charge < -0.3 is 10.5 Å². The van der Waals surface area contributed by atoms with Crippen LogP contribution in [0.2, 0.25) is 0 Å². The lowest BCUT2D eigenvalue weighted by Crippen LogP contribution is -2.08. The molecule has 1 aromatic heterocycles. The second-order valence-electron chi connectivity index (χ2n) is 4.48. The molecule has 1 atom stereocenters. The van der Waals surface area contributed by atoms with Crippen LogP contribution >= 0.6 is 11.3 Å². The Morgan fingerprint density at radius 3 is 2.78 bits per heavy atom. The van der Waals surface area contributed by atoms with Gasteiger partial charge in [-0.25, -0.2) is 4.98 Å². The molecular formula is C14H18N2OS. The smallest absolute Gasteiger partial charge is 0.131 e. The van der Waals surface area contributed by atoms with Gasteiger partial charge in [0.05, 0.1) is 10.7 Å². The zero-order valence-electron chi connectivity index (χ0n) is 10.9. The van der Waals surface area contributed by atoms with E-state index in [0.29, 0.717) is 6.61 Å². The first-order valence-electron chi connectivity index (χ1n) is 5.96.